The third-order valence-electron chi connectivity index (χ3n) is 3.10. The van der Waals surface area contributed by atoms with Gasteiger partial charge in [0.1, 0.15) is 0 Å². The molecule has 1 heterocycles. The number of amides is 1. The number of rotatable bonds is 8. The SMILES string of the molecule is CCCn1ccc(C(=O)NCCN(CC)CC)c1. The van der Waals surface area contributed by atoms with E-state index in [0.29, 0.717) is 6.54 Å². The summed E-state index contributed by atoms with van der Waals surface area (Å²) in [5.41, 5.74) is 0.753. The Morgan fingerprint density at radius 3 is 2.67 bits per heavy atom. The van der Waals surface area contributed by atoms with Crippen molar-refractivity contribution in [2.75, 3.05) is 26.2 Å². The molecule has 0 aliphatic carbocycles. The molecule has 1 aromatic heterocycles. The van der Waals surface area contributed by atoms with Crippen molar-refractivity contribution >= 4 is 5.91 Å². The molecular formula is C14H25N3O. The van der Waals surface area contributed by atoms with E-state index in [0.717, 1.165) is 38.2 Å². The molecule has 102 valence electrons. The predicted molar refractivity (Wildman–Crippen MR) is 74.8 cm³/mol. The maximum Gasteiger partial charge on any atom is 0.252 e. The Bertz CT molecular complexity index is 356. The summed E-state index contributed by atoms with van der Waals surface area (Å²) in [5.74, 6) is 0.0250. The van der Waals surface area contributed by atoms with Crippen molar-refractivity contribution in [1.29, 1.82) is 0 Å². The predicted octanol–water partition coefficient (Wildman–Crippen LogP) is 1.97. The van der Waals surface area contributed by atoms with Crippen LogP contribution in [0, 0.1) is 0 Å². The van der Waals surface area contributed by atoms with Gasteiger partial charge in [0.15, 0.2) is 0 Å². The Kier molecular flexibility index (Phi) is 6.50. The van der Waals surface area contributed by atoms with Crippen LogP contribution in [0.2, 0.25) is 0 Å². The number of aryl methyl sites for hydroxylation is 1. The fraction of sp³-hybridized carbons (Fsp3) is 0.643. The highest BCUT2D eigenvalue weighted by atomic mass is 16.1. The van der Waals surface area contributed by atoms with Crippen molar-refractivity contribution in [2.24, 2.45) is 0 Å². The van der Waals surface area contributed by atoms with Crippen molar-refractivity contribution in [3.8, 4) is 0 Å². The van der Waals surface area contributed by atoms with Crippen LogP contribution in [0.15, 0.2) is 18.5 Å². The first kappa shape index (κ1) is 14.8. The Morgan fingerprint density at radius 2 is 2.06 bits per heavy atom. The summed E-state index contributed by atoms with van der Waals surface area (Å²) < 4.78 is 2.05. The molecule has 0 aliphatic rings. The second-order valence-electron chi connectivity index (χ2n) is 4.42. The minimum atomic E-state index is 0.0250. The van der Waals surface area contributed by atoms with Crippen LogP contribution in [0.25, 0.3) is 0 Å². The molecule has 0 aliphatic heterocycles. The van der Waals surface area contributed by atoms with Gasteiger partial charge in [0.05, 0.1) is 5.56 Å². The van der Waals surface area contributed by atoms with Gasteiger partial charge in [-0.1, -0.05) is 20.8 Å². The van der Waals surface area contributed by atoms with Crippen LogP contribution in [0.5, 0.6) is 0 Å². The van der Waals surface area contributed by atoms with Crippen molar-refractivity contribution in [3.63, 3.8) is 0 Å². The average Bonchev–Trinajstić information content (AvgIpc) is 2.83. The number of carbonyl (C=O) groups is 1. The lowest BCUT2D eigenvalue weighted by molar-refractivity contribution is 0.0949. The smallest absolute Gasteiger partial charge is 0.252 e. The number of nitrogens with zero attached hydrogens (tertiary/aromatic N) is 2. The van der Waals surface area contributed by atoms with E-state index in [2.05, 4.69) is 35.6 Å². The molecule has 0 aromatic carbocycles. The van der Waals surface area contributed by atoms with Crippen LogP contribution in [0.4, 0.5) is 0 Å². The summed E-state index contributed by atoms with van der Waals surface area (Å²) in [7, 11) is 0. The molecule has 4 nitrogen and oxygen atoms in total. The molecule has 0 saturated heterocycles. The maximum absolute atomic E-state index is 11.9. The minimum absolute atomic E-state index is 0.0250. The number of nitrogens with one attached hydrogen (secondary N) is 1. The molecule has 4 heteroatoms. The molecule has 0 spiro atoms. The van der Waals surface area contributed by atoms with E-state index in [4.69, 9.17) is 0 Å². The van der Waals surface area contributed by atoms with Crippen molar-refractivity contribution in [3.05, 3.63) is 24.0 Å². The fourth-order valence-corrected chi connectivity index (χ4v) is 1.94. The van der Waals surface area contributed by atoms with Gasteiger partial charge < -0.3 is 14.8 Å². The molecular weight excluding hydrogens is 226 g/mol. The van der Waals surface area contributed by atoms with Crippen LogP contribution >= 0.6 is 0 Å². The van der Waals surface area contributed by atoms with Gasteiger partial charge >= 0.3 is 0 Å². The molecule has 1 N–H and O–H groups in total. The van der Waals surface area contributed by atoms with Gasteiger partial charge in [-0.25, -0.2) is 0 Å². The third-order valence-corrected chi connectivity index (χ3v) is 3.10. The van der Waals surface area contributed by atoms with Crippen molar-refractivity contribution < 1.29 is 4.79 Å². The van der Waals surface area contributed by atoms with Gasteiger partial charge in [0.2, 0.25) is 0 Å². The fourth-order valence-electron chi connectivity index (χ4n) is 1.94. The third kappa shape index (κ3) is 4.53. The molecule has 0 fully saturated rings. The number of likely N-dealkylation sites (N-methyl/N-ethyl adjacent to an activating group) is 1. The first-order valence-corrected chi connectivity index (χ1v) is 6.87. The molecule has 0 saturated carbocycles. The van der Waals surface area contributed by atoms with Crippen LogP contribution in [0.1, 0.15) is 37.6 Å². The van der Waals surface area contributed by atoms with Crippen molar-refractivity contribution in [1.82, 2.24) is 14.8 Å². The van der Waals surface area contributed by atoms with Gasteiger partial charge in [0.25, 0.3) is 5.91 Å². The van der Waals surface area contributed by atoms with Gasteiger partial charge in [-0.3, -0.25) is 4.79 Å². The molecule has 0 unspecified atom stereocenters. The van der Waals surface area contributed by atoms with E-state index >= 15 is 0 Å². The highest BCUT2D eigenvalue weighted by molar-refractivity contribution is 5.93. The number of hydrogen-bond donors (Lipinski definition) is 1. The van der Waals surface area contributed by atoms with Gasteiger partial charge in [-0.15, -0.1) is 0 Å². The van der Waals surface area contributed by atoms with Gasteiger partial charge in [-0.2, -0.15) is 0 Å². The Morgan fingerprint density at radius 1 is 1.33 bits per heavy atom. The normalized spacial score (nSPS) is 10.9. The van der Waals surface area contributed by atoms with E-state index in [1.807, 2.05) is 18.5 Å². The maximum atomic E-state index is 11.9. The molecule has 0 radical (unpaired) electrons. The lowest BCUT2D eigenvalue weighted by atomic mass is 10.3. The molecule has 0 atom stereocenters. The van der Waals surface area contributed by atoms with Gasteiger partial charge in [-0.05, 0) is 25.6 Å². The lowest BCUT2D eigenvalue weighted by Crippen LogP contribution is -2.34. The highest BCUT2D eigenvalue weighted by Gasteiger charge is 2.07. The van der Waals surface area contributed by atoms with Crippen LogP contribution in [-0.2, 0) is 6.54 Å². The van der Waals surface area contributed by atoms with E-state index in [-0.39, 0.29) is 5.91 Å². The zero-order valence-electron chi connectivity index (χ0n) is 11.8. The van der Waals surface area contributed by atoms with E-state index in [1.165, 1.54) is 0 Å². The Balaban J connectivity index is 2.35. The number of hydrogen-bond acceptors (Lipinski definition) is 2. The van der Waals surface area contributed by atoms with Crippen LogP contribution in [0.3, 0.4) is 0 Å². The summed E-state index contributed by atoms with van der Waals surface area (Å²) in [6.45, 7) is 11.0. The van der Waals surface area contributed by atoms with Crippen LogP contribution in [-0.4, -0.2) is 41.6 Å². The molecule has 1 amide bonds. The highest BCUT2D eigenvalue weighted by Crippen LogP contribution is 2.02. The number of aromatic nitrogens is 1. The monoisotopic (exact) mass is 251 g/mol. The lowest BCUT2D eigenvalue weighted by Gasteiger charge is -2.17. The minimum Gasteiger partial charge on any atom is -0.353 e. The number of carbonyl (C=O) groups excluding carboxylic acids is 1. The summed E-state index contributed by atoms with van der Waals surface area (Å²) >= 11 is 0. The summed E-state index contributed by atoms with van der Waals surface area (Å²) in [6.07, 6.45) is 4.96. The zero-order valence-corrected chi connectivity index (χ0v) is 11.8. The standard InChI is InChI=1S/C14H25N3O/c1-4-9-17-10-7-13(12-17)14(18)15-8-11-16(5-2)6-3/h7,10,12H,4-6,8-9,11H2,1-3H3,(H,15,18). The Labute approximate surface area is 110 Å². The van der Waals surface area contributed by atoms with Crippen molar-refractivity contribution in [2.45, 2.75) is 33.7 Å². The second-order valence-corrected chi connectivity index (χ2v) is 4.42. The average molecular weight is 251 g/mol. The van der Waals surface area contributed by atoms with E-state index in [1.54, 1.807) is 0 Å². The molecule has 1 rings (SSSR count). The summed E-state index contributed by atoms with van der Waals surface area (Å²) in [4.78, 5) is 14.2. The summed E-state index contributed by atoms with van der Waals surface area (Å²) in [5, 5.41) is 2.96. The first-order valence-electron chi connectivity index (χ1n) is 6.87. The largest absolute Gasteiger partial charge is 0.353 e. The van der Waals surface area contributed by atoms with Gasteiger partial charge in [0, 0.05) is 32.0 Å². The summed E-state index contributed by atoms with van der Waals surface area (Å²) in [6, 6.07) is 1.88. The molecule has 0 bridgehead atoms. The quantitative estimate of drug-likeness (QED) is 0.767. The zero-order chi connectivity index (χ0) is 13.4. The van der Waals surface area contributed by atoms with E-state index < -0.39 is 0 Å². The Hall–Kier alpha value is -1.29. The first-order chi connectivity index (χ1) is 8.71. The second kappa shape index (κ2) is 7.93. The van der Waals surface area contributed by atoms with E-state index in [9.17, 15) is 4.79 Å². The molecule has 1 aromatic rings. The van der Waals surface area contributed by atoms with Crippen LogP contribution < -0.4 is 5.32 Å². The topological polar surface area (TPSA) is 37.3 Å². The molecule has 18 heavy (non-hydrogen) atoms.